The Bertz CT molecular complexity index is 855. The van der Waals surface area contributed by atoms with E-state index in [9.17, 15) is 0 Å². The maximum atomic E-state index is 5.21. The first-order valence-corrected chi connectivity index (χ1v) is 8.57. The van der Waals surface area contributed by atoms with E-state index in [1.54, 1.807) is 7.11 Å². The molecule has 1 aromatic heterocycles. The fourth-order valence-electron chi connectivity index (χ4n) is 2.50. The van der Waals surface area contributed by atoms with Gasteiger partial charge in [0.25, 0.3) is 0 Å². The van der Waals surface area contributed by atoms with Crippen molar-refractivity contribution in [1.29, 1.82) is 0 Å². The maximum Gasteiger partial charge on any atom is 0.163 e. The van der Waals surface area contributed by atoms with Gasteiger partial charge in [0.2, 0.25) is 0 Å². The molecule has 0 bridgehead atoms. The number of ether oxygens (including phenoxy) is 1. The first-order valence-electron chi connectivity index (χ1n) is 8.57. The molecule has 5 nitrogen and oxygen atoms in total. The quantitative estimate of drug-likeness (QED) is 0.671. The summed E-state index contributed by atoms with van der Waals surface area (Å²) < 4.78 is 5.21. The number of benzene rings is 2. The molecule has 0 saturated heterocycles. The van der Waals surface area contributed by atoms with Crippen molar-refractivity contribution in [2.24, 2.45) is 0 Å². The number of aromatic nitrogens is 2. The molecule has 3 rings (SSSR count). The van der Waals surface area contributed by atoms with E-state index in [2.05, 4.69) is 41.4 Å². The van der Waals surface area contributed by atoms with Crippen molar-refractivity contribution in [3.63, 3.8) is 0 Å². The molecule has 0 radical (unpaired) electrons. The Hall–Kier alpha value is -3.08. The number of hydrogen-bond donors (Lipinski definition) is 2. The molecule has 0 spiro atoms. The summed E-state index contributed by atoms with van der Waals surface area (Å²) in [7, 11) is 1.66. The summed E-state index contributed by atoms with van der Waals surface area (Å²) in [6, 6.07) is 19.6. The first-order chi connectivity index (χ1) is 12.4. The molecule has 0 atom stereocenters. The lowest BCUT2D eigenvalue weighted by Crippen LogP contribution is -2.26. The average molecular weight is 348 g/mol. The molecule has 0 aliphatic rings. The maximum absolute atomic E-state index is 5.21. The third kappa shape index (κ3) is 4.72. The molecule has 0 aliphatic carbocycles. The summed E-state index contributed by atoms with van der Waals surface area (Å²) in [4.78, 5) is 9.35. The van der Waals surface area contributed by atoms with E-state index < -0.39 is 0 Å². The molecule has 3 aromatic rings. The molecule has 0 aliphatic heterocycles. The second-order valence-corrected chi connectivity index (χ2v) is 7.06. The molecule has 5 heteroatoms. The topological polar surface area (TPSA) is 59.1 Å². The van der Waals surface area contributed by atoms with E-state index in [0.717, 1.165) is 28.6 Å². The van der Waals surface area contributed by atoms with Crippen LogP contribution in [-0.2, 0) is 0 Å². The summed E-state index contributed by atoms with van der Waals surface area (Å²) in [6.07, 6.45) is 0. The Balaban J connectivity index is 1.95. The van der Waals surface area contributed by atoms with Crippen molar-refractivity contribution in [2.75, 3.05) is 17.7 Å². The summed E-state index contributed by atoms with van der Waals surface area (Å²) in [5.41, 5.74) is 1.81. The molecule has 2 aromatic carbocycles. The van der Waals surface area contributed by atoms with Crippen LogP contribution in [0.5, 0.6) is 5.75 Å². The first kappa shape index (κ1) is 17.7. The Morgan fingerprint density at radius 3 is 2.12 bits per heavy atom. The minimum absolute atomic E-state index is 0.0975. The van der Waals surface area contributed by atoms with Crippen LogP contribution in [0.2, 0.25) is 0 Å². The van der Waals surface area contributed by atoms with E-state index in [0.29, 0.717) is 5.82 Å². The van der Waals surface area contributed by atoms with E-state index in [1.807, 2.05) is 60.7 Å². The summed E-state index contributed by atoms with van der Waals surface area (Å²) in [6.45, 7) is 6.32. The van der Waals surface area contributed by atoms with Crippen LogP contribution in [0.4, 0.5) is 17.3 Å². The Morgan fingerprint density at radius 1 is 0.846 bits per heavy atom. The molecule has 0 fully saturated rings. The zero-order chi connectivity index (χ0) is 18.6. The number of hydrogen-bond acceptors (Lipinski definition) is 5. The van der Waals surface area contributed by atoms with Crippen LogP contribution in [0.25, 0.3) is 11.4 Å². The van der Waals surface area contributed by atoms with Crippen molar-refractivity contribution in [3.8, 4) is 17.1 Å². The number of methoxy groups -OCH3 is 1. The van der Waals surface area contributed by atoms with Crippen molar-refractivity contribution in [3.05, 3.63) is 60.7 Å². The average Bonchev–Trinajstić information content (AvgIpc) is 2.61. The van der Waals surface area contributed by atoms with Gasteiger partial charge in [-0.05, 0) is 45.0 Å². The standard InChI is InChI=1S/C21H24N4O/c1-21(2,3)25-19-14-18(22-16-10-12-17(26-4)13-11-16)23-20(24-19)15-8-6-5-7-9-15/h5-14H,1-4H3,(H2,22,23,24,25). The predicted octanol–water partition coefficient (Wildman–Crippen LogP) is 5.11. The Kier molecular flexibility index (Phi) is 5.07. The van der Waals surface area contributed by atoms with E-state index in [4.69, 9.17) is 4.74 Å². The van der Waals surface area contributed by atoms with E-state index in [1.165, 1.54) is 0 Å². The fourth-order valence-corrected chi connectivity index (χ4v) is 2.50. The SMILES string of the molecule is COc1ccc(Nc2cc(NC(C)(C)C)nc(-c3ccccc3)n2)cc1. The highest BCUT2D eigenvalue weighted by molar-refractivity contribution is 5.65. The minimum Gasteiger partial charge on any atom is -0.497 e. The number of nitrogens with one attached hydrogen (secondary N) is 2. The van der Waals surface area contributed by atoms with Gasteiger partial charge in [0.05, 0.1) is 7.11 Å². The van der Waals surface area contributed by atoms with Crippen molar-refractivity contribution >= 4 is 17.3 Å². The summed E-state index contributed by atoms with van der Waals surface area (Å²) >= 11 is 0. The molecule has 0 saturated carbocycles. The number of rotatable bonds is 5. The van der Waals surface area contributed by atoms with Gasteiger partial charge in [0.15, 0.2) is 5.82 Å². The van der Waals surface area contributed by atoms with Crippen molar-refractivity contribution in [1.82, 2.24) is 9.97 Å². The highest BCUT2D eigenvalue weighted by atomic mass is 16.5. The van der Waals surface area contributed by atoms with Gasteiger partial charge in [-0.2, -0.15) is 0 Å². The smallest absolute Gasteiger partial charge is 0.163 e. The number of anilines is 3. The van der Waals surface area contributed by atoms with E-state index >= 15 is 0 Å². The Morgan fingerprint density at radius 2 is 1.50 bits per heavy atom. The third-order valence-electron chi connectivity index (χ3n) is 3.62. The molecule has 26 heavy (non-hydrogen) atoms. The van der Waals surface area contributed by atoms with E-state index in [-0.39, 0.29) is 5.54 Å². The van der Waals surface area contributed by atoms with Gasteiger partial charge in [-0.1, -0.05) is 30.3 Å². The molecule has 1 heterocycles. The van der Waals surface area contributed by atoms with Crippen LogP contribution < -0.4 is 15.4 Å². The fraction of sp³-hybridized carbons (Fsp3) is 0.238. The highest BCUT2D eigenvalue weighted by Gasteiger charge is 2.13. The molecule has 0 unspecified atom stereocenters. The van der Waals surface area contributed by atoms with Crippen molar-refractivity contribution in [2.45, 2.75) is 26.3 Å². The second kappa shape index (κ2) is 7.44. The monoisotopic (exact) mass is 348 g/mol. The van der Waals surface area contributed by atoms with Gasteiger partial charge >= 0.3 is 0 Å². The lowest BCUT2D eigenvalue weighted by atomic mass is 10.1. The predicted molar refractivity (Wildman–Crippen MR) is 107 cm³/mol. The van der Waals surface area contributed by atoms with Gasteiger partial charge in [-0.3, -0.25) is 0 Å². The lowest BCUT2D eigenvalue weighted by Gasteiger charge is -2.22. The minimum atomic E-state index is -0.0975. The summed E-state index contributed by atoms with van der Waals surface area (Å²) in [5.74, 6) is 3.01. The molecule has 2 N–H and O–H groups in total. The van der Waals surface area contributed by atoms with Gasteiger partial charge in [-0.25, -0.2) is 9.97 Å². The normalized spacial score (nSPS) is 11.1. The summed E-state index contributed by atoms with van der Waals surface area (Å²) in [5, 5.41) is 6.77. The van der Waals surface area contributed by atoms with Gasteiger partial charge in [0.1, 0.15) is 17.4 Å². The Labute approximate surface area is 154 Å². The molecule has 134 valence electrons. The van der Waals surface area contributed by atoms with Crippen LogP contribution in [-0.4, -0.2) is 22.6 Å². The van der Waals surface area contributed by atoms with Crippen LogP contribution >= 0.6 is 0 Å². The number of nitrogens with zero attached hydrogens (tertiary/aromatic N) is 2. The molecular weight excluding hydrogens is 324 g/mol. The van der Waals surface area contributed by atoms with Gasteiger partial charge in [-0.15, -0.1) is 0 Å². The molecular formula is C21H24N4O. The zero-order valence-corrected chi connectivity index (χ0v) is 15.6. The zero-order valence-electron chi connectivity index (χ0n) is 15.6. The van der Waals surface area contributed by atoms with Gasteiger partial charge < -0.3 is 15.4 Å². The largest absolute Gasteiger partial charge is 0.497 e. The highest BCUT2D eigenvalue weighted by Crippen LogP contribution is 2.25. The third-order valence-corrected chi connectivity index (χ3v) is 3.62. The van der Waals surface area contributed by atoms with Crippen LogP contribution in [0.15, 0.2) is 60.7 Å². The van der Waals surface area contributed by atoms with Crippen LogP contribution in [0.1, 0.15) is 20.8 Å². The van der Waals surface area contributed by atoms with Crippen LogP contribution in [0.3, 0.4) is 0 Å². The van der Waals surface area contributed by atoms with Crippen LogP contribution in [0, 0.1) is 0 Å². The van der Waals surface area contributed by atoms with Gasteiger partial charge in [0, 0.05) is 22.9 Å². The second-order valence-electron chi connectivity index (χ2n) is 7.06. The van der Waals surface area contributed by atoms with Crippen molar-refractivity contribution < 1.29 is 4.74 Å². The molecule has 0 amide bonds. The lowest BCUT2D eigenvalue weighted by molar-refractivity contribution is 0.415.